The van der Waals surface area contributed by atoms with Crippen molar-refractivity contribution < 1.29 is 4.79 Å². The molecule has 0 fully saturated rings. The molecule has 1 aromatic carbocycles. The van der Waals surface area contributed by atoms with Gasteiger partial charge in [-0.2, -0.15) is 0 Å². The summed E-state index contributed by atoms with van der Waals surface area (Å²) in [6.45, 7) is 5.20. The largest absolute Gasteiger partial charge is 0.335 e. The fourth-order valence-corrected chi connectivity index (χ4v) is 2.22. The monoisotopic (exact) mass is 294 g/mol. The van der Waals surface area contributed by atoms with Crippen LogP contribution in [-0.4, -0.2) is 22.3 Å². The normalized spacial score (nSPS) is 10.1. The quantitative estimate of drug-likeness (QED) is 0.762. The smallest absolute Gasteiger partial charge is 0.246 e. The van der Waals surface area contributed by atoms with Crippen molar-refractivity contribution in [3.63, 3.8) is 0 Å². The number of carbonyl (C=O) groups is 1. The van der Waals surface area contributed by atoms with Crippen LogP contribution in [0, 0.1) is 0 Å². The Bertz CT molecular complexity index is 616. The molecule has 22 heavy (non-hydrogen) atoms. The number of hydrogen-bond donors (Lipinski definition) is 0. The van der Waals surface area contributed by atoms with E-state index in [0.29, 0.717) is 13.1 Å². The van der Waals surface area contributed by atoms with Crippen LogP contribution in [0.25, 0.3) is 0 Å². The number of pyridine rings is 1. The van der Waals surface area contributed by atoms with Gasteiger partial charge in [-0.05, 0) is 43.5 Å². The lowest BCUT2D eigenvalue weighted by Crippen LogP contribution is -2.31. The third kappa shape index (κ3) is 5.17. The summed E-state index contributed by atoms with van der Waals surface area (Å²) in [6.07, 6.45) is 6.08. The lowest BCUT2D eigenvalue weighted by atomic mass is 10.1. The Hall–Kier alpha value is -2.42. The average Bonchev–Trinajstić information content (AvgIpc) is 2.52. The molecule has 1 amide bonds. The van der Waals surface area contributed by atoms with Crippen LogP contribution >= 0.6 is 0 Å². The van der Waals surface area contributed by atoms with Crippen molar-refractivity contribution in [3.8, 4) is 0 Å². The van der Waals surface area contributed by atoms with E-state index in [9.17, 15) is 4.79 Å². The van der Waals surface area contributed by atoms with Crippen LogP contribution in [0.15, 0.2) is 66.5 Å². The summed E-state index contributed by atoms with van der Waals surface area (Å²) < 4.78 is 0. The SMILES string of the molecule is CC(C)=CC(=O)N(CCc1ccccc1)Cc1ccncc1. The number of hydrogen-bond acceptors (Lipinski definition) is 2. The minimum Gasteiger partial charge on any atom is -0.335 e. The van der Waals surface area contributed by atoms with Crippen LogP contribution in [0.5, 0.6) is 0 Å². The molecule has 0 aliphatic heterocycles. The molecule has 0 aliphatic carbocycles. The summed E-state index contributed by atoms with van der Waals surface area (Å²) in [5.41, 5.74) is 3.36. The molecular formula is C19H22N2O. The second-order valence-electron chi connectivity index (χ2n) is 5.57. The number of rotatable bonds is 6. The summed E-state index contributed by atoms with van der Waals surface area (Å²) in [6, 6.07) is 14.1. The predicted molar refractivity (Wildman–Crippen MR) is 89.2 cm³/mol. The summed E-state index contributed by atoms with van der Waals surface area (Å²) in [5.74, 6) is 0.0627. The maximum Gasteiger partial charge on any atom is 0.246 e. The summed E-state index contributed by atoms with van der Waals surface area (Å²) >= 11 is 0. The van der Waals surface area contributed by atoms with Crippen LogP contribution in [0.3, 0.4) is 0 Å². The van der Waals surface area contributed by atoms with E-state index in [1.165, 1.54) is 5.56 Å². The molecule has 0 spiro atoms. The first-order valence-electron chi connectivity index (χ1n) is 7.52. The maximum absolute atomic E-state index is 12.4. The highest BCUT2D eigenvalue weighted by atomic mass is 16.2. The zero-order valence-corrected chi connectivity index (χ0v) is 13.2. The lowest BCUT2D eigenvalue weighted by Gasteiger charge is -2.22. The van der Waals surface area contributed by atoms with E-state index in [0.717, 1.165) is 17.6 Å². The van der Waals surface area contributed by atoms with Crippen molar-refractivity contribution in [2.24, 2.45) is 0 Å². The Morgan fingerprint density at radius 2 is 1.73 bits per heavy atom. The number of aromatic nitrogens is 1. The Balaban J connectivity index is 2.07. The summed E-state index contributed by atoms with van der Waals surface area (Å²) in [4.78, 5) is 18.3. The van der Waals surface area contributed by atoms with Crippen LogP contribution in [0.2, 0.25) is 0 Å². The maximum atomic E-state index is 12.4. The van der Waals surface area contributed by atoms with Gasteiger partial charge >= 0.3 is 0 Å². The molecule has 0 N–H and O–H groups in total. The minimum absolute atomic E-state index is 0.0627. The van der Waals surface area contributed by atoms with Gasteiger partial charge in [-0.3, -0.25) is 9.78 Å². The Morgan fingerprint density at radius 1 is 1.05 bits per heavy atom. The molecule has 114 valence electrons. The standard InChI is InChI=1S/C19H22N2O/c1-16(2)14-19(22)21(15-18-8-11-20-12-9-18)13-10-17-6-4-3-5-7-17/h3-9,11-12,14H,10,13,15H2,1-2H3. The molecule has 2 rings (SSSR count). The Labute approximate surface area is 132 Å². The van der Waals surface area contributed by atoms with Crippen molar-refractivity contribution in [3.05, 3.63) is 77.6 Å². The van der Waals surface area contributed by atoms with Gasteiger partial charge in [-0.25, -0.2) is 0 Å². The molecule has 3 nitrogen and oxygen atoms in total. The Morgan fingerprint density at radius 3 is 2.36 bits per heavy atom. The third-order valence-electron chi connectivity index (χ3n) is 3.36. The molecule has 0 saturated carbocycles. The van der Waals surface area contributed by atoms with E-state index in [1.54, 1.807) is 18.5 Å². The van der Waals surface area contributed by atoms with E-state index in [-0.39, 0.29) is 5.91 Å². The lowest BCUT2D eigenvalue weighted by molar-refractivity contribution is -0.126. The highest BCUT2D eigenvalue weighted by Crippen LogP contribution is 2.08. The van der Waals surface area contributed by atoms with Gasteiger partial charge in [-0.15, -0.1) is 0 Å². The fourth-order valence-electron chi connectivity index (χ4n) is 2.22. The zero-order valence-electron chi connectivity index (χ0n) is 13.2. The van der Waals surface area contributed by atoms with Crippen LogP contribution in [0.4, 0.5) is 0 Å². The van der Waals surface area contributed by atoms with Gasteiger partial charge in [0.05, 0.1) is 0 Å². The number of benzene rings is 1. The highest BCUT2D eigenvalue weighted by molar-refractivity contribution is 5.88. The van der Waals surface area contributed by atoms with Gasteiger partial charge in [-0.1, -0.05) is 35.9 Å². The molecule has 3 heteroatoms. The topological polar surface area (TPSA) is 33.2 Å². The van der Waals surface area contributed by atoms with E-state index >= 15 is 0 Å². The second kappa shape index (κ2) is 8.13. The summed E-state index contributed by atoms with van der Waals surface area (Å²) in [5, 5.41) is 0. The second-order valence-corrected chi connectivity index (χ2v) is 5.57. The molecule has 0 atom stereocenters. The predicted octanol–water partition coefficient (Wildman–Crippen LogP) is 3.62. The van der Waals surface area contributed by atoms with Gasteiger partial charge < -0.3 is 4.90 Å². The molecule has 0 bridgehead atoms. The first kappa shape index (κ1) is 16.0. The van der Waals surface area contributed by atoms with Gasteiger partial charge in [0.1, 0.15) is 0 Å². The molecule has 0 saturated heterocycles. The van der Waals surface area contributed by atoms with Crippen molar-refractivity contribution in [2.45, 2.75) is 26.8 Å². The summed E-state index contributed by atoms with van der Waals surface area (Å²) in [7, 11) is 0. The molecule has 1 aromatic heterocycles. The first-order chi connectivity index (χ1) is 10.6. The van der Waals surface area contributed by atoms with Crippen molar-refractivity contribution in [2.75, 3.05) is 6.54 Å². The molecule has 0 unspecified atom stereocenters. The van der Waals surface area contributed by atoms with E-state index in [2.05, 4.69) is 17.1 Å². The number of carbonyl (C=O) groups excluding carboxylic acids is 1. The zero-order chi connectivity index (χ0) is 15.8. The number of amides is 1. The average molecular weight is 294 g/mol. The van der Waals surface area contributed by atoms with Gasteiger partial charge in [0.25, 0.3) is 0 Å². The van der Waals surface area contributed by atoms with Crippen LogP contribution in [-0.2, 0) is 17.8 Å². The molecule has 0 aliphatic rings. The van der Waals surface area contributed by atoms with Gasteiger partial charge in [0.15, 0.2) is 0 Å². The van der Waals surface area contributed by atoms with E-state index in [4.69, 9.17) is 0 Å². The molecular weight excluding hydrogens is 272 g/mol. The highest BCUT2D eigenvalue weighted by Gasteiger charge is 2.12. The fraction of sp³-hybridized carbons (Fsp3) is 0.263. The van der Waals surface area contributed by atoms with Crippen molar-refractivity contribution in [1.29, 1.82) is 0 Å². The van der Waals surface area contributed by atoms with E-state index < -0.39 is 0 Å². The van der Waals surface area contributed by atoms with Crippen LogP contribution in [0.1, 0.15) is 25.0 Å². The van der Waals surface area contributed by atoms with Gasteiger partial charge in [0.2, 0.25) is 5.91 Å². The Kier molecular flexibility index (Phi) is 5.90. The third-order valence-corrected chi connectivity index (χ3v) is 3.36. The molecule has 0 radical (unpaired) electrons. The van der Waals surface area contributed by atoms with Crippen molar-refractivity contribution >= 4 is 5.91 Å². The number of nitrogens with zero attached hydrogens (tertiary/aromatic N) is 2. The minimum atomic E-state index is 0.0627. The van der Waals surface area contributed by atoms with Crippen LogP contribution < -0.4 is 0 Å². The van der Waals surface area contributed by atoms with E-state index in [1.807, 2.05) is 49.1 Å². The first-order valence-corrected chi connectivity index (χ1v) is 7.52. The number of allylic oxidation sites excluding steroid dienone is 1. The molecule has 1 heterocycles. The van der Waals surface area contributed by atoms with Crippen molar-refractivity contribution in [1.82, 2.24) is 9.88 Å². The molecule has 2 aromatic rings. The van der Waals surface area contributed by atoms with Gasteiger partial charge in [0, 0.05) is 31.6 Å².